The normalized spacial score (nSPS) is 10.8. The number of hydrogen-bond acceptors (Lipinski definition) is 6. The lowest BCUT2D eigenvalue weighted by Crippen LogP contribution is -2.26. The summed E-state index contributed by atoms with van der Waals surface area (Å²) in [6.45, 7) is -0.423. The number of anilines is 2. The molecule has 172 valence electrons. The highest BCUT2D eigenvalue weighted by Gasteiger charge is 2.22. The van der Waals surface area contributed by atoms with Gasteiger partial charge in [0, 0.05) is 12.7 Å². The Labute approximate surface area is 191 Å². The summed E-state index contributed by atoms with van der Waals surface area (Å²) in [4.78, 5) is 24.0. The molecule has 9 nitrogen and oxygen atoms in total. The number of carbonyl (C=O) groups excluding carboxylic acids is 2. The molecule has 0 bridgehead atoms. The summed E-state index contributed by atoms with van der Waals surface area (Å²) in [5, 5.41) is 2.59. The van der Waals surface area contributed by atoms with Crippen LogP contribution in [0.15, 0.2) is 77.7 Å². The summed E-state index contributed by atoms with van der Waals surface area (Å²) in [7, 11) is -0.942. The van der Waals surface area contributed by atoms with E-state index in [2.05, 4.69) is 5.32 Å². The minimum atomic E-state index is -3.84. The molecule has 2 amide bonds. The molecular formula is C23H23N3O6S. The molecule has 0 saturated heterocycles. The molecule has 0 radical (unpaired) electrons. The van der Waals surface area contributed by atoms with Crippen molar-refractivity contribution < 1.29 is 27.5 Å². The molecule has 3 N–H and O–H groups in total. The number of carbonyl (C=O) groups is 2. The van der Waals surface area contributed by atoms with E-state index in [-0.39, 0.29) is 21.9 Å². The lowest BCUT2D eigenvalue weighted by atomic mass is 10.2. The van der Waals surface area contributed by atoms with Crippen molar-refractivity contribution in [3.63, 3.8) is 0 Å². The highest BCUT2D eigenvalue weighted by molar-refractivity contribution is 7.92. The SMILES string of the molecule is COc1ccc(OCC(=O)Nc2cccc(S(=O)(=O)N(C)c3ccccc3)c2)c(C(N)=O)c1. The van der Waals surface area contributed by atoms with Crippen LogP contribution in [0.1, 0.15) is 10.4 Å². The van der Waals surface area contributed by atoms with E-state index in [9.17, 15) is 18.0 Å². The molecule has 0 spiro atoms. The first-order valence-electron chi connectivity index (χ1n) is 9.77. The molecule has 0 unspecified atom stereocenters. The van der Waals surface area contributed by atoms with Gasteiger partial charge in [-0.15, -0.1) is 0 Å². The third-order valence-corrected chi connectivity index (χ3v) is 6.49. The molecule has 3 aromatic carbocycles. The zero-order valence-corrected chi connectivity index (χ0v) is 18.8. The van der Waals surface area contributed by atoms with Crippen molar-refractivity contribution in [1.82, 2.24) is 0 Å². The molecule has 0 aliphatic rings. The van der Waals surface area contributed by atoms with Gasteiger partial charge in [0.2, 0.25) is 0 Å². The minimum Gasteiger partial charge on any atom is -0.497 e. The van der Waals surface area contributed by atoms with E-state index in [1.165, 1.54) is 44.5 Å². The molecule has 0 aromatic heterocycles. The first-order chi connectivity index (χ1) is 15.7. The van der Waals surface area contributed by atoms with Gasteiger partial charge in [0.05, 0.1) is 23.3 Å². The van der Waals surface area contributed by atoms with Crippen molar-refractivity contribution in [3.05, 3.63) is 78.4 Å². The van der Waals surface area contributed by atoms with Gasteiger partial charge in [-0.05, 0) is 48.5 Å². The van der Waals surface area contributed by atoms with Crippen LogP contribution in [0.4, 0.5) is 11.4 Å². The number of amides is 2. The van der Waals surface area contributed by atoms with E-state index in [0.29, 0.717) is 11.4 Å². The van der Waals surface area contributed by atoms with E-state index in [0.717, 1.165) is 4.31 Å². The van der Waals surface area contributed by atoms with Crippen LogP contribution < -0.4 is 24.8 Å². The van der Waals surface area contributed by atoms with Gasteiger partial charge in [-0.2, -0.15) is 0 Å². The summed E-state index contributed by atoms with van der Waals surface area (Å²) in [6.07, 6.45) is 0. The zero-order chi connectivity index (χ0) is 24.0. The van der Waals surface area contributed by atoms with Crippen LogP contribution in [-0.4, -0.2) is 41.0 Å². The summed E-state index contributed by atoms with van der Waals surface area (Å²) < 4.78 is 37.6. The molecule has 0 fully saturated rings. The van der Waals surface area contributed by atoms with Gasteiger partial charge in [-0.3, -0.25) is 13.9 Å². The van der Waals surface area contributed by atoms with Crippen molar-refractivity contribution in [2.45, 2.75) is 4.90 Å². The summed E-state index contributed by atoms with van der Waals surface area (Å²) >= 11 is 0. The van der Waals surface area contributed by atoms with Crippen molar-refractivity contribution in [2.24, 2.45) is 5.73 Å². The maximum absolute atomic E-state index is 13.0. The molecule has 3 rings (SSSR count). The number of primary amides is 1. The number of benzene rings is 3. The Morgan fingerprint density at radius 3 is 2.39 bits per heavy atom. The quantitative estimate of drug-likeness (QED) is 0.496. The van der Waals surface area contributed by atoms with Crippen molar-refractivity contribution >= 4 is 33.2 Å². The first-order valence-corrected chi connectivity index (χ1v) is 11.2. The number of nitrogens with two attached hydrogens (primary N) is 1. The van der Waals surface area contributed by atoms with Gasteiger partial charge in [-0.1, -0.05) is 24.3 Å². The fourth-order valence-corrected chi connectivity index (χ4v) is 4.21. The summed E-state index contributed by atoms with van der Waals surface area (Å²) in [5.74, 6) is -0.740. The van der Waals surface area contributed by atoms with Gasteiger partial charge < -0.3 is 20.5 Å². The Hall–Kier alpha value is -4.05. The number of rotatable bonds is 9. The topological polar surface area (TPSA) is 128 Å². The van der Waals surface area contributed by atoms with E-state index < -0.39 is 28.4 Å². The number of nitrogens with one attached hydrogen (secondary N) is 1. The molecule has 10 heteroatoms. The predicted octanol–water partition coefficient (Wildman–Crippen LogP) is 2.64. The van der Waals surface area contributed by atoms with Crippen molar-refractivity contribution in [3.8, 4) is 11.5 Å². The molecule has 0 heterocycles. The first kappa shape index (κ1) is 23.6. The molecule has 0 aliphatic heterocycles. The number of nitrogens with zero attached hydrogens (tertiary/aromatic N) is 1. The van der Waals surface area contributed by atoms with Crippen LogP contribution in [-0.2, 0) is 14.8 Å². The monoisotopic (exact) mass is 469 g/mol. The Morgan fingerprint density at radius 1 is 1.00 bits per heavy atom. The lowest BCUT2D eigenvalue weighted by molar-refractivity contribution is -0.118. The summed E-state index contributed by atoms with van der Waals surface area (Å²) in [6, 6.07) is 19.0. The molecule has 3 aromatic rings. The average Bonchev–Trinajstić information content (AvgIpc) is 2.82. The van der Waals surface area contributed by atoms with Gasteiger partial charge in [0.25, 0.3) is 21.8 Å². The number of sulfonamides is 1. The van der Waals surface area contributed by atoms with E-state index in [1.807, 2.05) is 0 Å². The van der Waals surface area contributed by atoms with E-state index in [1.54, 1.807) is 42.5 Å². The van der Waals surface area contributed by atoms with Crippen LogP contribution in [0, 0.1) is 0 Å². The van der Waals surface area contributed by atoms with Gasteiger partial charge in [-0.25, -0.2) is 8.42 Å². The largest absolute Gasteiger partial charge is 0.497 e. The van der Waals surface area contributed by atoms with Crippen LogP contribution in [0.2, 0.25) is 0 Å². The fraction of sp³-hybridized carbons (Fsp3) is 0.130. The molecular weight excluding hydrogens is 446 g/mol. The van der Waals surface area contributed by atoms with Crippen LogP contribution in [0.5, 0.6) is 11.5 Å². The van der Waals surface area contributed by atoms with Crippen molar-refractivity contribution in [2.75, 3.05) is 30.4 Å². The maximum Gasteiger partial charge on any atom is 0.264 e. The Morgan fingerprint density at radius 2 is 1.73 bits per heavy atom. The average molecular weight is 470 g/mol. The van der Waals surface area contributed by atoms with Crippen LogP contribution >= 0.6 is 0 Å². The zero-order valence-electron chi connectivity index (χ0n) is 18.0. The van der Waals surface area contributed by atoms with E-state index in [4.69, 9.17) is 15.2 Å². The Kier molecular flexibility index (Phi) is 7.19. The number of ether oxygens (including phenoxy) is 2. The number of para-hydroxylation sites is 1. The standard InChI is InChI=1S/C23H23N3O6S/c1-26(17-8-4-3-5-9-17)33(29,30)19-10-6-7-16(13-19)25-22(27)15-32-21-12-11-18(31-2)14-20(21)23(24)28/h3-14H,15H2,1-2H3,(H2,24,28)(H,25,27). The second-order valence-corrected chi connectivity index (χ2v) is 8.87. The van der Waals surface area contributed by atoms with Crippen molar-refractivity contribution in [1.29, 1.82) is 0 Å². The lowest BCUT2D eigenvalue weighted by Gasteiger charge is -2.20. The summed E-state index contributed by atoms with van der Waals surface area (Å²) in [5.41, 5.74) is 6.20. The predicted molar refractivity (Wildman–Crippen MR) is 124 cm³/mol. The molecule has 33 heavy (non-hydrogen) atoms. The highest BCUT2D eigenvalue weighted by Crippen LogP contribution is 2.25. The Bertz CT molecular complexity index is 1260. The van der Waals surface area contributed by atoms with Gasteiger partial charge in [0.15, 0.2) is 6.61 Å². The fourth-order valence-electron chi connectivity index (χ4n) is 2.96. The minimum absolute atomic E-state index is 0.0127. The number of methoxy groups -OCH3 is 1. The van der Waals surface area contributed by atoms with Crippen LogP contribution in [0.25, 0.3) is 0 Å². The number of hydrogen-bond donors (Lipinski definition) is 2. The maximum atomic E-state index is 13.0. The van der Waals surface area contributed by atoms with Crippen LogP contribution in [0.3, 0.4) is 0 Å². The third-order valence-electron chi connectivity index (χ3n) is 4.71. The second kappa shape index (κ2) is 10.0. The molecule has 0 saturated carbocycles. The molecule has 0 aliphatic carbocycles. The van der Waals surface area contributed by atoms with Gasteiger partial charge >= 0.3 is 0 Å². The smallest absolute Gasteiger partial charge is 0.264 e. The van der Waals surface area contributed by atoms with Gasteiger partial charge in [0.1, 0.15) is 11.5 Å². The second-order valence-electron chi connectivity index (χ2n) is 6.90. The highest BCUT2D eigenvalue weighted by atomic mass is 32.2. The molecule has 0 atom stereocenters. The Balaban J connectivity index is 1.71. The third kappa shape index (κ3) is 5.60. The van der Waals surface area contributed by atoms with E-state index >= 15 is 0 Å².